The van der Waals surface area contributed by atoms with Gasteiger partial charge in [0.05, 0.1) is 5.92 Å². The van der Waals surface area contributed by atoms with Crippen molar-refractivity contribution in [2.24, 2.45) is 5.92 Å². The summed E-state index contributed by atoms with van der Waals surface area (Å²) in [6.45, 7) is 1.67. The molecule has 0 fully saturated rings. The molecule has 2 N–H and O–H groups in total. The molecule has 0 aliphatic heterocycles. The fourth-order valence-corrected chi connectivity index (χ4v) is 1.28. The number of carbonyl (C=O) groups is 1. The van der Waals surface area contributed by atoms with Gasteiger partial charge in [-0.15, -0.1) is 0 Å². The number of hydrogen-bond donors (Lipinski definition) is 2. The smallest absolute Gasteiger partial charge is 0.306 e. The lowest BCUT2D eigenvalue weighted by atomic mass is 9.97. The van der Waals surface area contributed by atoms with Gasteiger partial charge in [0, 0.05) is 6.21 Å². The third-order valence-corrected chi connectivity index (χ3v) is 2.16. The Bertz CT molecular complexity index is 347. The van der Waals surface area contributed by atoms with Crippen LogP contribution in [0.25, 0.3) is 0 Å². The van der Waals surface area contributed by atoms with Gasteiger partial charge in [-0.05, 0) is 17.5 Å². The van der Waals surface area contributed by atoms with Crippen LogP contribution in [0.4, 0.5) is 0 Å². The topological polar surface area (TPSA) is 61.2 Å². The molecule has 1 aromatic carbocycles. The maximum atomic E-state index is 10.6. The van der Waals surface area contributed by atoms with Gasteiger partial charge in [0.1, 0.15) is 0 Å². The summed E-state index contributed by atoms with van der Waals surface area (Å²) in [5.74, 6) is -1.21. The molecular weight excluding hydrogens is 178 g/mol. The van der Waals surface area contributed by atoms with Crippen molar-refractivity contribution in [3.63, 3.8) is 0 Å². The molecule has 3 heteroatoms. The largest absolute Gasteiger partial charge is 0.481 e. The van der Waals surface area contributed by atoms with Gasteiger partial charge in [-0.2, -0.15) is 0 Å². The van der Waals surface area contributed by atoms with Crippen LogP contribution in [0.5, 0.6) is 0 Å². The zero-order valence-corrected chi connectivity index (χ0v) is 8.03. The second kappa shape index (κ2) is 4.56. The molecule has 0 aliphatic carbocycles. The average Bonchev–Trinajstić information content (AvgIpc) is 2.18. The van der Waals surface area contributed by atoms with Crippen LogP contribution in [0.3, 0.4) is 0 Å². The number of carboxylic acid groups (broad SMARTS) is 1. The first kappa shape index (κ1) is 10.4. The Balaban J connectivity index is 2.85. The van der Waals surface area contributed by atoms with Gasteiger partial charge >= 0.3 is 5.97 Å². The van der Waals surface area contributed by atoms with E-state index in [2.05, 4.69) is 0 Å². The van der Waals surface area contributed by atoms with Crippen molar-refractivity contribution in [1.82, 2.24) is 0 Å². The zero-order chi connectivity index (χ0) is 10.6. The van der Waals surface area contributed by atoms with Crippen molar-refractivity contribution in [3.05, 3.63) is 35.4 Å². The Kier molecular flexibility index (Phi) is 3.40. The number of nitrogens with one attached hydrogen (secondary N) is 1. The van der Waals surface area contributed by atoms with E-state index in [0.717, 1.165) is 11.1 Å². The third-order valence-electron chi connectivity index (χ3n) is 2.16. The summed E-state index contributed by atoms with van der Waals surface area (Å²) in [4.78, 5) is 10.6. The Labute approximate surface area is 82.9 Å². The van der Waals surface area contributed by atoms with Gasteiger partial charge < -0.3 is 10.5 Å². The highest BCUT2D eigenvalue weighted by Gasteiger charge is 2.12. The zero-order valence-electron chi connectivity index (χ0n) is 8.03. The molecule has 1 aromatic rings. The third kappa shape index (κ3) is 2.42. The molecule has 0 heterocycles. The SMILES string of the molecule is CC(Cc1ccccc1C=N)C(=O)O. The fraction of sp³-hybridized carbons (Fsp3) is 0.273. The summed E-state index contributed by atoms with van der Waals surface area (Å²) < 4.78 is 0. The second-order valence-electron chi connectivity index (χ2n) is 3.29. The molecule has 0 saturated heterocycles. The highest BCUT2D eigenvalue weighted by atomic mass is 16.4. The molecule has 74 valence electrons. The summed E-state index contributed by atoms with van der Waals surface area (Å²) in [6.07, 6.45) is 1.73. The molecule has 0 saturated carbocycles. The van der Waals surface area contributed by atoms with E-state index in [9.17, 15) is 4.79 Å². The summed E-state index contributed by atoms with van der Waals surface area (Å²) in [7, 11) is 0. The van der Waals surface area contributed by atoms with Crippen molar-refractivity contribution in [1.29, 1.82) is 5.41 Å². The van der Waals surface area contributed by atoms with Crippen LogP contribution in [0.1, 0.15) is 18.1 Å². The molecular formula is C11H13NO2. The average molecular weight is 191 g/mol. The van der Waals surface area contributed by atoms with Gasteiger partial charge in [-0.3, -0.25) is 4.79 Å². The quantitative estimate of drug-likeness (QED) is 0.714. The Morgan fingerprint density at radius 1 is 1.57 bits per heavy atom. The maximum absolute atomic E-state index is 10.6. The maximum Gasteiger partial charge on any atom is 0.306 e. The molecule has 3 nitrogen and oxygen atoms in total. The molecule has 0 amide bonds. The fourth-order valence-electron chi connectivity index (χ4n) is 1.28. The van der Waals surface area contributed by atoms with Crippen LogP contribution in [0, 0.1) is 11.3 Å². The van der Waals surface area contributed by atoms with Gasteiger partial charge in [0.2, 0.25) is 0 Å². The summed E-state index contributed by atoms with van der Waals surface area (Å²) in [6, 6.07) is 7.38. The van der Waals surface area contributed by atoms with Crippen molar-refractivity contribution in [2.75, 3.05) is 0 Å². The molecule has 1 atom stereocenters. The standard InChI is InChI=1S/C11H13NO2/c1-8(11(13)14)6-9-4-2-3-5-10(9)7-12/h2-5,7-8,12H,6H2,1H3,(H,13,14). The number of benzene rings is 1. The lowest BCUT2D eigenvalue weighted by Crippen LogP contribution is -2.13. The lowest BCUT2D eigenvalue weighted by molar-refractivity contribution is -0.141. The number of rotatable bonds is 4. The highest BCUT2D eigenvalue weighted by molar-refractivity contribution is 5.79. The summed E-state index contributed by atoms with van der Waals surface area (Å²) in [5.41, 5.74) is 1.71. The Morgan fingerprint density at radius 2 is 2.21 bits per heavy atom. The van der Waals surface area contributed by atoms with Crippen LogP contribution in [-0.4, -0.2) is 17.3 Å². The molecule has 0 spiro atoms. The molecule has 0 aromatic heterocycles. The van der Waals surface area contributed by atoms with Crippen LogP contribution in [0.2, 0.25) is 0 Å². The van der Waals surface area contributed by atoms with Gasteiger partial charge in [-0.1, -0.05) is 31.2 Å². The predicted molar refractivity (Wildman–Crippen MR) is 54.8 cm³/mol. The van der Waals surface area contributed by atoms with E-state index < -0.39 is 11.9 Å². The van der Waals surface area contributed by atoms with Gasteiger partial charge in [0.25, 0.3) is 0 Å². The van der Waals surface area contributed by atoms with Crippen LogP contribution < -0.4 is 0 Å². The molecule has 0 bridgehead atoms. The molecule has 1 rings (SSSR count). The normalized spacial score (nSPS) is 12.1. The van der Waals surface area contributed by atoms with E-state index >= 15 is 0 Å². The Morgan fingerprint density at radius 3 is 2.79 bits per heavy atom. The highest BCUT2D eigenvalue weighted by Crippen LogP contribution is 2.12. The molecule has 1 unspecified atom stereocenters. The van der Waals surface area contributed by atoms with Crippen LogP contribution in [0.15, 0.2) is 24.3 Å². The van der Waals surface area contributed by atoms with Crippen molar-refractivity contribution >= 4 is 12.2 Å². The van der Waals surface area contributed by atoms with E-state index in [1.54, 1.807) is 6.92 Å². The molecule has 0 radical (unpaired) electrons. The van der Waals surface area contributed by atoms with Crippen LogP contribution >= 0.6 is 0 Å². The first-order chi connectivity index (χ1) is 6.65. The van der Waals surface area contributed by atoms with Crippen LogP contribution in [-0.2, 0) is 11.2 Å². The van der Waals surface area contributed by atoms with Crippen molar-refractivity contribution in [2.45, 2.75) is 13.3 Å². The lowest BCUT2D eigenvalue weighted by Gasteiger charge is -2.08. The minimum atomic E-state index is -0.801. The summed E-state index contributed by atoms with van der Waals surface area (Å²) in [5, 5.41) is 15.9. The predicted octanol–water partition coefficient (Wildman–Crippen LogP) is 1.95. The summed E-state index contributed by atoms with van der Waals surface area (Å²) >= 11 is 0. The minimum Gasteiger partial charge on any atom is -0.481 e. The van der Waals surface area contributed by atoms with E-state index in [1.807, 2.05) is 24.3 Å². The second-order valence-corrected chi connectivity index (χ2v) is 3.29. The van der Waals surface area contributed by atoms with Gasteiger partial charge in [0.15, 0.2) is 0 Å². The van der Waals surface area contributed by atoms with E-state index in [0.29, 0.717) is 6.42 Å². The Hall–Kier alpha value is -1.64. The minimum absolute atomic E-state index is 0.406. The first-order valence-electron chi connectivity index (χ1n) is 4.46. The number of aliphatic carboxylic acids is 1. The van der Waals surface area contributed by atoms with Gasteiger partial charge in [-0.25, -0.2) is 0 Å². The van der Waals surface area contributed by atoms with E-state index in [-0.39, 0.29) is 0 Å². The van der Waals surface area contributed by atoms with E-state index in [1.165, 1.54) is 6.21 Å². The number of hydrogen-bond acceptors (Lipinski definition) is 2. The molecule has 0 aliphatic rings. The molecule has 14 heavy (non-hydrogen) atoms. The van der Waals surface area contributed by atoms with Crippen molar-refractivity contribution < 1.29 is 9.90 Å². The monoisotopic (exact) mass is 191 g/mol. The first-order valence-corrected chi connectivity index (χ1v) is 4.46. The van der Waals surface area contributed by atoms with E-state index in [4.69, 9.17) is 10.5 Å². The number of carboxylic acids is 1. The van der Waals surface area contributed by atoms with Crippen molar-refractivity contribution in [3.8, 4) is 0 Å².